The zero-order valence-corrected chi connectivity index (χ0v) is 17.7. The number of hydrogen-bond acceptors (Lipinski definition) is 4. The zero-order valence-electron chi connectivity index (χ0n) is 17.7. The van der Waals surface area contributed by atoms with Crippen molar-refractivity contribution in [2.45, 2.75) is 54.9 Å². The van der Waals surface area contributed by atoms with Crippen LogP contribution in [0, 0.1) is 17.1 Å². The fourth-order valence-corrected chi connectivity index (χ4v) is 2.43. The number of carbonyl (C=O) groups is 2. The minimum Gasteiger partial charge on any atom is -0.466 e. The smallest absolute Gasteiger partial charge is 0.309 e. The number of allylic oxidation sites excluding steroid dienone is 1. The molecule has 6 heteroatoms. The largest absolute Gasteiger partial charge is 0.466 e. The van der Waals surface area contributed by atoms with Crippen LogP contribution in [0.25, 0.3) is 0 Å². The van der Waals surface area contributed by atoms with Gasteiger partial charge >= 0.3 is 5.97 Å². The molecule has 0 aliphatic rings. The van der Waals surface area contributed by atoms with Crippen LogP contribution >= 0.6 is 0 Å². The molecule has 1 rings (SSSR count). The van der Waals surface area contributed by atoms with Crippen molar-refractivity contribution in [2.75, 3.05) is 11.9 Å². The van der Waals surface area contributed by atoms with Crippen molar-refractivity contribution in [1.29, 1.82) is 5.26 Å². The van der Waals surface area contributed by atoms with E-state index < -0.39 is 5.82 Å². The van der Waals surface area contributed by atoms with Crippen LogP contribution in [-0.2, 0) is 14.3 Å². The lowest BCUT2D eigenvalue weighted by atomic mass is 9.96. The molecule has 0 saturated heterocycles. The van der Waals surface area contributed by atoms with Crippen molar-refractivity contribution in [3.05, 3.63) is 51.9 Å². The summed E-state index contributed by atoms with van der Waals surface area (Å²) in [5.41, 5.74) is 2.79. The van der Waals surface area contributed by atoms with Crippen molar-refractivity contribution < 1.29 is 18.7 Å². The van der Waals surface area contributed by atoms with Crippen molar-refractivity contribution in [3.63, 3.8) is 0 Å². The molecule has 0 unspecified atom stereocenters. The molecule has 1 aromatic carbocycles. The van der Waals surface area contributed by atoms with Gasteiger partial charge in [-0.2, -0.15) is 5.26 Å². The molecule has 0 radical (unpaired) electrons. The molecule has 0 aliphatic carbocycles. The SMILES string of the molecule is CC.CCOC(=O)C/C(C)=C(\C)C(C(=O)Nc1ccc(F)c(C#N)c1)=C(C)C. The highest BCUT2D eigenvalue weighted by molar-refractivity contribution is 6.07. The molecule has 0 fully saturated rings. The summed E-state index contributed by atoms with van der Waals surface area (Å²) in [6.45, 7) is 13.2. The second-order valence-electron chi connectivity index (χ2n) is 6.02. The van der Waals surface area contributed by atoms with Gasteiger partial charge in [-0.25, -0.2) is 4.39 Å². The van der Waals surface area contributed by atoms with E-state index in [0.29, 0.717) is 23.4 Å². The first kappa shape index (κ1) is 25.1. The first-order valence-electron chi connectivity index (χ1n) is 9.22. The van der Waals surface area contributed by atoms with Gasteiger partial charge < -0.3 is 10.1 Å². The van der Waals surface area contributed by atoms with Gasteiger partial charge in [-0.05, 0) is 58.4 Å². The Morgan fingerprint density at radius 2 is 1.79 bits per heavy atom. The van der Waals surface area contributed by atoms with E-state index in [1.54, 1.807) is 40.7 Å². The molecule has 1 N–H and O–H groups in total. The first-order valence-corrected chi connectivity index (χ1v) is 9.22. The van der Waals surface area contributed by atoms with Gasteiger partial charge in [0.05, 0.1) is 18.6 Å². The molecular formula is C22H29FN2O3. The molecule has 0 heterocycles. The standard InChI is InChI=1S/C20H23FN2O3.C2H6/c1-6-26-18(24)9-13(4)14(5)19(12(2)3)20(25)23-16-7-8-17(21)15(10-16)11-22;1-2/h7-8,10H,6,9H2,1-5H3,(H,23,25);1-2H3/b14-13+;. The minimum atomic E-state index is -0.644. The Kier molecular flexibility index (Phi) is 11.1. The molecule has 152 valence electrons. The Hall–Kier alpha value is -2.94. The van der Waals surface area contributed by atoms with Crippen LogP contribution in [0.5, 0.6) is 0 Å². The van der Waals surface area contributed by atoms with E-state index in [4.69, 9.17) is 10.00 Å². The maximum absolute atomic E-state index is 13.4. The number of esters is 1. The molecular weight excluding hydrogens is 359 g/mol. The highest BCUT2D eigenvalue weighted by Gasteiger charge is 2.17. The summed E-state index contributed by atoms with van der Waals surface area (Å²) in [7, 11) is 0. The van der Waals surface area contributed by atoms with E-state index in [2.05, 4.69) is 5.32 Å². The maximum Gasteiger partial charge on any atom is 0.309 e. The Morgan fingerprint density at radius 3 is 2.29 bits per heavy atom. The van der Waals surface area contributed by atoms with E-state index in [-0.39, 0.29) is 23.9 Å². The Balaban J connectivity index is 0.00000352. The number of hydrogen-bond donors (Lipinski definition) is 1. The van der Waals surface area contributed by atoms with Crippen molar-refractivity contribution in [1.82, 2.24) is 0 Å². The summed E-state index contributed by atoms with van der Waals surface area (Å²) >= 11 is 0. The fourth-order valence-electron chi connectivity index (χ4n) is 2.43. The Morgan fingerprint density at radius 1 is 1.18 bits per heavy atom. The number of benzene rings is 1. The minimum absolute atomic E-state index is 0.0961. The van der Waals surface area contributed by atoms with Gasteiger partial charge in [-0.1, -0.05) is 25.0 Å². The highest BCUT2D eigenvalue weighted by atomic mass is 19.1. The molecule has 1 aromatic rings. The molecule has 0 spiro atoms. The summed E-state index contributed by atoms with van der Waals surface area (Å²) < 4.78 is 18.4. The van der Waals surface area contributed by atoms with E-state index in [1.807, 2.05) is 13.8 Å². The molecule has 28 heavy (non-hydrogen) atoms. The van der Waals surface area contributed by atoms with Crippen LogP contribution in [0.15, 0.2) is 40.5 Å². The molecule has 0 bridgehead atoms. The van der Waals surface area contributed by atoms with Crippen LogP contribution in [0.1, 0.15) is 60.5 Å². The lowest BCUT2D eigenvalue weighted by Crippen LogP contribution is -2.17. The van der Waals surface area contributed by atoms with E-state index in [9.17, 15) is 14.0 Å². The third-order valence-corrected chi connectivity index (χ3v) is 3.80. The number of anilines is 1. The predicted molar refractivity (Wildman–Crippen MR) is 109 cm³/mol. The Labute approximate surface area is 166 Å². The number of rotatable bonds is 6. The van der Waals surface area contributed by atoms with Gasteiger partial charge in [0.2, 0.25) is 0 Å². The van der Waals surface area contributed by atoms with Crippen LogP contribution in [-0.4, -0.2) is 18.5 Å². The zero-order chi connectivity index (χ0) is 21.9. The van der Waals surface area contributed by atoms with Gasteiger partial charge in [-0.3, -0.25) is 9.59 Å². The van der Waals surface area contributed by atoms with Gasteiger partial charge in [0.1, 0.15) is 11.9 Å². The van der Waals surface area contributed by atoms with Gasteiger partial charge in [0.25, 0.3) is 5.91 Å². The summed E-state index contributed by atoms with van der Waals surface area (Å²) in [6, 6.07) is 5.53. The van der Waals surface area contributed by atoms with Gasteiger partial charge in [-0.15, -0.1) is 0 Å². The second-order valence-corrected chi connectivity index (χ2v) is 6.02. The van der Waals surface area contributed by atoms with Gasteiger partial charge in [0.15, 0.2) is 0 Å². The highest BCUT2D eigenvalue weighted by Crippen LogP contribution is 2.23. The molecule has 0 atom stereocenters. The topological polar surface area (TPSA) is 79.2 Å². The number of nitrogens with one attached hydrogen (secondary N) is 1. The third kappa shape index (κ3) is 7.36. The van der Waals surface area contributed by atoms with E-state index >= 15 is 0 Å². The van der Waals surface area contributed by atoms with Crippen LogP contribution < -0.4 is 5.32 Å². The molecule has 0 aliphatic heterocycles. The van der Waals surface area contributed by atoms with Crippen molar-refractivity contribution in [2.24, 2.45) is 0 Å². The maximum atomic E-state index is 13.4. The lowest BCUT2D eigenvalue weighted by molar-refractivity contribution is -0.142. The van der Waals surface area contributed by atoms with Gasteiger partial charge in [0, 0.05) is 11.3 Å². The average Bonchev–Trinajstić information content (AvgIpc) is 2.64. The Bertz CT molecular complexity index is 814. The first-order chi connectivity index (χ1) is 13.2. The number of nitriles is 1. The fraction of sp³-hybridized carbons (Fsp3) is 0.409. The van der Waals surface area contributed by atoms with E-state index in [0.717, 1.165) is 17.2 Å². The number of ether oxygens (including phenoxy) is 1. The lowest BCUT2D eigenvalue weighted by Gasteiger charge is -2.15. The molecule has 5 nitrogen and oxygen atoms in total. The van der Waals surface area contributed by atoms with Crippen LogP contribution in [0.4, 0.5) is 10.1 Å². The number of amides is 1. The number of carbonyl (C=O) groups excluding carboxylic acids is 2. The normalized spacial score (nSPS) is 10.5. The van der Waals surface area contributed by atoms with Crippen LogP contribution in [0.2, 0.25) is 0 Å². The monoisotopic (exact) mass is 388 g/mol. The molecule has 0 saturated carbocycles. The van der Waals surface area contributed by atoms with Crippen LogP contribution in [0.3, 0.4) is 0 Å². The molecule has 0 aromatic heterocycles. The summed E-state index contributed by atoms with van der Waals surface area (Å²) in [4.78, 5) is 24.4. The average molecular weight is 388 g/mol. The molecule has 1 amide bonds. The van der Waals surface area contributed by atoms with E-state index in [1.165, 1.54) is 12.1 Å². The second kappa shape index (κ2) is 12.4. The number of nitrogens with zero attached hydrogens (tertiary/aromatic N) is 1. The predicted octanol–water partition coefficient (Wildman–Crippen LogP) is 5.29. The van der Waals surface area contributed by atoms with Crippen molar-refractivity contribution >= 4 is 17.6 Å². The number of halogens is 1. The summed E-state index contributed by atoms with van der Waals surface area (Å²) in [5.74, 6) is -1.38. The third-order valence-electron chi connectivity index (χ3n) is 3.80. The summed E-state index contributed by atoms with van der Waals surface area (Å²) in [6.07, 6.45) is 0.0961. The van der Waals surface area contributed by atoms with Crippen molar-refractivity contribution in [3.8, 4) is 6.07 Å². The quantitative estimate of drug-likeness (QED) is 0.408. The summed E-state index contributed by atoms with van der Waals surface area (Å²) in [5, 5.41) is 11.6.